The molecule has 0 saturated carbocycles. The van der Waals surface area contributed by atoms with Gasteiger partial charge in [0.2, 0.25) is 0 Å². The highest BCUT2D eigenvalue weighted by atomic mass is 127. The number of halogens is 2. The second-order valence-corrected chi connectivity index (χ2v) is 6.69. The molecule has 0 amide bonds. The summed E-state index contributed by atoms with van der Waals surface area (Å²) in [5.41, 5.74) is 0. The maximum Gasteiger partial charge on any atom is 0.508 e. The van der Waals surface area contributed by atoms with Gasteiger partial charge in [0.05, 0.1) is 0 Å². The van der Waals surface area contributed by atoms with Crippen LogP contribution in [0.15, 0.2) is 0 Å². The number of ether oxygens (including phenoxy) is 2. The molecule has 0 aliphatic rings. The van der Waals surface area contributed by atoms with Gasteiger partial charge in [-0.2, -0.15) is 0 Å². The molecular formula is C7H12I2O3. The Morgan fingerprint density at radius 1 is 1.17 bits per heavy atom. The van der Waals surface area contributed by atoms with Crippen molar-refractivity contribution in [1.29, 1.82) is 0 Å². The van der Waals surface area contributed by atoms with Gasteiger partial charge < -0.3 is 9.47 Å². The van der Waals surface area contributed by atoms with Crippen LogP contribution in [0.3, 0.4) is 0 Å². The van der Waals surface area contributed by atoms with Crippen LogP contribution in [0.2, 0.25) is 0 Å². The van der Waals surface area contributed by atoms with Crippen molar-refractivity contribution >= 4 is 51.3 Å². The number of hydrogen-bond acceptors (Lipinski definition) is 3. The van der Waals surface area contributed by atoms with Gasteiger partial charge in [-0.3, -0.25) is 0 Å². The molecule has 3 nitrogen and oxygen atoms in total. The van der Waals surface area contributed by atoms with Crippen LogP contribution >= 0.6 is 45.2 Å². The van der Waals surface area contributed by atoms with E-state index in [1.165, 1.54) is 0 Å². The standard InChI is InChI=1S/C7H12I2O3/c1-5(8)3-11-7(10)12-4-6(2)9/h5-6H,3-4H2,1-2H3. The molecule has 72 valence electrons. The predicted molar refractivity (Wildman–Crippen MR) is 64.3 cm³/mol. The van der Waals surface area contributed by atoms with Crippen molar-refractivity contribution in [3.05, 3.63) is 0 Å². The van der Waals surface area contributed by atoms with Crippen molar-refractivity contribution < 1.29 is 14.3 Å². The normalized spacial score (nSPS) is 15.0. The molecule has 0 spiro atoms. The maximum atomic E-state index is 10.8. The minimum absolute atomic E-state index is 0.326. The molecule has 0 radical (unpaired) electrons. The lowest BCUT2D eigenvalue weighted by molar-refractivity contribution is 0.0587. The highest BCUT2D eigenvalue weighted by Gasteiger charge is 2.06. The van der Waals surface area contributed by atoms with Gasteiger partial charge >= 0.3 is 6.16 Å². The zero-order valence-corrected chi connectivity index (χ0v) is 11.4. The summed E-state index contributed by atoms with van der Waals surface area (Å²) in [4.78, 5) is 10.8. The summed E-state index contributed by atoms with van der Waals surface area (Å²) in [6.45, 7) is 4.76. The number of alkyl halides is 2. The van der Waals surface area contributed by atoms with Crippen LogP contribution in [-0.2, 0) is 9.47 Å². The van der Waals surface area contributed by atoms with Crippen LogP contribution in [-0.4, -0.2) is 27.2 Å². The van der Waals surface area contributed by atoms with Crippen LogP contribution in [0.5, 0.6) is 0 Å². The summed E-state index contributed by atoms with van der Waals surface area (Å²) in [5, 5.41) is 0. The molecule has 0 fully saturated rings. The Hall–Kier alpha value is 0.730. The van der Waals surface area contributed by atoms with Crippen molar-refractivity contribution in [3.63, 3.8) is 0 Å². The minimum atomic E-state index is -0.568. The molecule has 5 heteroatoms. The molecule has 0 saturated heterocycles. The molecule has 0 heterocycles. The van der Waals surface area contributed by atoms with Gasteiger partial charge in [0.15, 0.2) is 0 Å². The summed E-state index contributed by atoms with van der Waals surface area (Å²) in [6.07, 6.45) is -0.568. The van der Waals surface area contributed by atoms with Crippen LogP contribution in [0.1, 0.15) is 13.8 Å². The highest BCUT2D eigenvalue weighted by molar-refractivity contribution is 14.1. The summed E-state index contributed by atoms with van der Waals surface area (Å²) < 4.78 is 10.2. The molecule has 0 aromatic heterocycles. The van der Waals surface area contributed by atoms with E-state index in [2.05, 4.69) is 45.2 Å². The summed E-state index contributed by atoms with van der Waals surface area (Å²) in [6, 6.07) is 0. The van der Waals surface area contributed by atoms with Crippen LogP contribution in [0.4, 0.5) is 4.79 Å². The molecule has 0 aliphatic carbocycles. The first-order valence-corrected chi connectivity index (χ1v) is 6.09. The van der Waals surface area contributed by atoms with E-state index in [9.17, 15) is 4.79 Å². The molecule has 0 rings (SSSR count). The summed E-state index contributed by atoms with van der Waals surface area (Å²) in [5.74, 6) is 0. The zero-order chi connectivity index (χ0) is 9.56. The summed E-state index contributed by atoms with van der Waals surface area (Å²) in [7, 11) is 0. The quantitative estimate of drug-likeness (QED) is 0.415. The van der Waals surface area contributed by atoms with E-state index in [0.29, 0.717) is 21.1 Å². The van der Waals surface area contributed by atoms with Gasteiger partial charge in [0.25, 0.3) is 0 Å². The van der Waals surface area contributed by atoms with Gasteiger partial charge in [0.1, 0.15) is 13.2 Å². The van der Waals surface area contributed by atoms with Crippen LogP contribution < -0.4 is 0 Å². The third-order valence-electron chi connectivity index (χ3n) is 0.862. The maximum absolute atomic E-state index is 10.8. The molecule has 0 aromatic rings. The third-order valence-corrected chi connectivity index (χ3v) is 1.58. The second kappa shape index (κ2) is 7.16. The van der Waals surface area contributed by atoms with E-state index in [4.69, 9.17) is 9.47 Å². The lowest BCUT2D eigenvalue weighted by atomic mass is 10.5. The van der Waals surface area contributed by atoms with Gasteiger partial charge in [-0.1, -0.05) is 59.0 Å². The molecule has 12 heavy (non-hydrogen) atoms. The van der Waals surface area contributed by atoms with Crippen LogP contribution in [0, 0.1) is 0 Å². The zero-order valence-electron chi connectivity index (χ0n) is 7.05. The fourth-order valence-corrected chi connectivity index (χ4v) is 0.767. The fourth-order valence-electron chi connectivity index (χ4n) is 0.407. The first-order valence-electron chi connectivity index (χ1n) is 3.60. The molecule has 2 atom stereocenters. The molecule has 0 N–H and O–H groups in total. The van der Waals surface area contributed by atoms with E-state index >= 15 is 0 Å². The molecule has 2 unspecified atom stereocenters. The van der Waals surface area contributed by atoms with Crippen molar-refractivity contribution in [3.8, 4) is 0 Å². The van der Waals surface area contributed by atoms with E-state index in [1.54, 1.807) is 0 Å². The van der Waals surface area contributed by atoms with E-state index in [1.807, 2.05) is 13.8 Å². The van der Waals surface area contributed by atoms with Crippen molar-refractivity contribution in [2.75, 3.05) is 13.2 Å². The number of rotatable bonds is 4. The predicted octanol–water partition coefficient (Wildman–Crippen LogP) is 2.79. The summed E-state index contributed by atoms with van der Waals surface area (Å²) >= 11 is 4.37. The van der Waals surface area contributed by atoms with E-state index < -0.39 is 6.16 Å². The van der Waals surface area contributed by atoms with E-state index in [0.717, 1.165) is 0 Å². The Balaban J connectivity index is 3.34. The fraction of sp³-hybridized carbons (Fsp3) is 0.857. The Morgan fingerprint density at radius 2 is 1.50 bits per heavy atom. The first kappa shape index (κ1) is 12.7. The lowest BCUT2D eigenvalue weighted by Crippen LogP contribution is -2.15. The minimum Gasteiger partial charge on any atom is -0.433 e. The molecular weight excluding hydrogens is 386 g/mol. The smallest absolute Gasteiger partial charge is 0.433 e. The largest absolute Gasteiger partial charge is 0.508 e. The topological polar surface area (TPSA) is 35.5 Å². The number of hydrogen-bond donors (Lipinski definition) is 0. The van der Waals surface area contributed by atoms with Gasteiger partial charge in [-0.05, 0) is 0 Å². The Kier molecular flexibility index (Phi) is 7.60. The first-order chi connectivity index (χ1) is 5.52. The average molecular weight is 398 g/mol. The van der Waals surface area contributed by atoms with Crippen LogP contribution in [0.25, 0.3) is 0 Å². The highest BCUT2D eigenvalue weighted by Crippen LogP contribution is 2.02. The number of carbonyl (C=O) groups is 1. The monoisotopic (exact) mass is 398 g/mol. The van der Waals surface area contributed by atoms with Crippen molar-refractivity contribution in [1.82, 2.24) is 0 Å². The lowest BCUT2D eigenvalue weighted by Gasteiger charge is -2.07. The number of carbonyl (C=O) groups excluding carboxylic acids is 1. The Bertz CT molecular complexity index is 123. The third kappa shape index (κ3) is 8.82. The van der Waals surface area contributed by atoms with Crippen molar-refractivity contribution in [2.24, 2.45) is 0 Å². The molecule has 0 aromatic carbocycles. The Labute approximate surface area is 99.8 Å². The van der Waals surface area contributed by atoms with Crippen molar-refractivity contribution in [2.45, 2.75) is 21.7 Å². The molecule has 0 bridgehead atoms. The van der Waals surface area contributed by atoms with E-state index in [-0.39, 0.29) is 0 Å². The van der Waals surface area contributed by atoms with Gasteiger partial charge in [-0.15, -0.1) is 0 Å². The van der Waals surface area contributed by atoms with Gasteiger partial charge in [-0.25, -0.2) is 4.79 Å². The Morgan fingerprint density at radius 3 is 1.75 bits per heavy atom. The van der Waals surface area contributed by atoms with Gasteiger partial charge in [0, 0.05) is 7.85 Å². The second-order valence-electron chi connectivity index (χ2n) is 2.43. The molecule has 0 aliphatic heterocycles. The SMILES string of the molecule is CC(I)COC(=O)OCC(C)I. The average Bonchev–Trinajstić information content (AvgIpc) is 1.96.